The van der Waals surface area contributed by atoms with Crippen LogP contribution in [0.1, 0.15) is 53.8 Å². The van der Waals surface area contributed by atoms with Crippen LogP contribution in [0.15, 0.2) is 66.8 Å². The van der Waals surface area contributed by atoms with E-state index in [1.807, 2.05) is 43.3 Å². The second-order valence-corrected chi connectivity index (χ2v) is 6.56. The van der Waals surface area contributed by atoms with E-state index in [-0.39, 0.29) is 17.4 Å². The third-order valence-electron chi connectivity index (χ3n) is 4.46. The van der Waals surface area contributed by atoms with E-state index in [9.17, 15) is 15.0 Å². The fraction of sp³-hybridized carbons (Fsp3) is 0.261. The van der Waals surface area contributed by atoms with Gasteiger partial charge in [0.05, 0.1) is 6.10 Å². The molecule has 0 heterocycles. The fourth-order valence-electron chi connectivity index (χ4n) is 3.01. The predicted octanol–water partition coefficient (Wildman–Crippen LogP) is 5.61. The number of rotatable bonds is 9. The van der Waals surface area contributed by atoms with Gasteiger partial charge >= 0.3 is 5.97 Å². The number of allylic oxidation sites excluding steroid dienone is 2. The van der Waals surface area contributed by atoms with E-state index in [0.29, 0.717) is 18.4 Å². The Kier molecular flexibility index (Phi) is 7.38. The van der Waals surface area contributed by atoms with Crippen molar-refractivity contribution in [3.8, 4) is 5.75 Å². The number of aromatic hydroxyl groups is 1. The summed E-state index contributed by atoms with van der Waals surface area (Å²) in [6.07, 6.45) is 3.86. The van der Waals surface area contributed by atoms with Crippen LogP contribution in [0, 0.1) is 0 Å². The molecule has 2 aromatic carbocycles. The molecule has 0 aliphatic heterocycles. The first kappa shape index (κ1) is 20.5. The standard InChI is InChI=1S/C23H26O4/c1-16(2)12-13-17(19-10-7-11-20(24)22(19)23(25)26)14-15-21(27-3)18-8-5-4-6-9-18/h4-11,14,21,24H,1,12-13,15H2,2-3H3,(H,25,26)/b17-14+. The minimum Gasteiger partial charge on any atom is -0.507 e. The van der Waals surface area contributed by atoms with Crippen molar-refractivity contribution in [3.05, 3.63) is 83.4 Å². The lowest BCUT2D eigenvalue weighted by atomic mass is 9.92. The predicted molar refractivity (Wildman–Crippen MR) is 108 cm³/mol. The Morgan fingerprint density at radius 2 is 1.85 bits per heavy atom. The summed E-state index contributed by atoms with van der Waals surface area (Å²) in [7, 11) is 1.66. The molecular formula is C23H26O4. The molecule has 27 heavy (non-hydrogen) atoms. The third kappa shape index (κ3) is 5.56. The molecule has 0 spiro atoms. The number of carbonyl (C=O) groups is 1. The van der Waals surface area contributed by atoms with Crippen LogP contribution in [0.5, 0.6) is 5.75 Å². The average Bonchev–Trinajstić information content (AvgIpc) is 2.64. The van der Waals surface area contributed by atoms with Crippen LogP contribution in [0.3, 0.4) is 0 Å². The number of methoxy groups -OCH3 is 1. The van der Waals surface area contributed by atoms with Gasteiger partial charge in [-0.25, -0.2) is 4.79 Å². The van der Waals surface area contributed by atoms with E-state index >= 15 is 0 Å². The Morgan fingerprint density at radius 1 is 1.15 bits per heavy atom. The molecule has 4 heteroatoms. The molecule has 0 fully saturated rings. The monoisotopic (exact) mass is 366 g/mol. The molecule has 0 saturated heterocycles. The van der Waals surface area contributed by atoms with Crippen LogP contribution < -0.4 is 0 Å². The van der Waals surface area contributed by atoms with Gasteiger partial charge in [-0.2, -0.15) is 0 Å². The lowest BCUT2D eigenvalue weighted by Gasteiger charge is -2.17. The summed E-state index contributed by atoms with van der Waals surface area (Å²) in [4.78, 5) is 11.7. The van der Waals surface area contributed by atoms with Gasteiger partial charge in [0.25, 0.3) is 0 Å². The molecule has 0 aliphatic carbocycles. The van der Waals surface area contributed by atoms with E-state index in [0.717, 1.165) is 23.1 Å². The first-order chi connectivity index (χ1) is 12.9. The lowest BCUT2D eigenvalue weighted by Crippen LogP contribution is -2.04. The normalized spacial score (nSPS) is 12.6. The second-order valence-electron chi connectivity index (χ2n) is 6.56. The molecule has 142 valence electrons. The average molecular weight is 366 g/mol. The van der Waals surface area contributed by atoms with Crippen LogP contribution in [-0.2, 0) is 4.74 Å². The van der Waals surface area contributed by atoms with Crippen LogP contribution >= 0.6 is 0 Å². The highest BCUT2D eigenvalue weighted by Crippen LogP contribution is 2.32. The van der Waals surface area contributed by atoms with Crippen molar-refractivity contribution >= 4 is 11.5 Å². The summed E-state index contributed by atoms with van der Waals surface area (Å²) in [5, 5.41) is 19.6. The van der Waals surface area contributed by atoms with Crippen molar-refractivity contribution < 1.29 is 19.7 Å². The highest BCUT2D eigenvalue weighted by atomic mass is 16.5. The van der Waals surface area contributed by atoms with Gasteiger partial charge in [-0.3, -0.25) is 0 Å². The second kappa shape index (κ2) is 9.74. The topological polar surface area (TPSA) is 66.8 Å². The molecule has 2 aromatic rings. The molecule has 0 aromatic heterocycles. The molecule has 2 N–H and O–H groups in total. The molecular weight excluding hydrogens is 340 g/mol. The molecule has 4 nitrogen and oxygen atoms in total. The quantitative estimate of drug-likeness (QED) is 0.566. The SMILES string of the molecule is C=C(C)CC/C(=C\CC(OC)c1ccccc1)c1cccc(O)c1C(=O)O. The Labute approximate surface area is 160 Å². The van der Waals surface area contributed by atoms with Gasteiger partial charge in [0.2, 0.25) is 0 Å². The summed E-state index contributed by atoms with van der Waals surface area (Å²) >= 11 is 0. The molecule has 0 saturated carbocycles. The van der Waals surface area contributed by atoms with Gasteiger partial charge in [0.1, 0.15) is 11.3 Å². The maximum Gasteiger partial charge on any atom is 0.340 e. The maximum absolute atomic E-state index is 11.7. The van der Waals surface area contributed by atoms with Gasteiger partial charge in [-0.15, -0.1) is 6.58 Å². The van der Waals surface area contributed by atoms with Crippen LogP contribution in [-0.4, -0.2) is 23.3 Å². The summed E-state index contributed by atoms with van der Waals surface area (Å²) in [5.41, 5.74) is 3.41. The van der Waals surface area contributed by atoms with Crippen molar-refractivity contribution in [1.29, 1.82) is 0 Å². The number of carboxylic acid groups (broad SMARTS) is 1. The number of carboxylic acids is 1. The minimum absolute atomic E-state index is 0.0702. The number of hydrogen-bond acceptors (Lipinski definition) is 3. The van der Waals surface area contributed by atoms with E-state index in [2.05, 4.69) is 6.58 Å². The van der Waals surface area contributed by atoms with Gasteiger partial charge in [-0.1, -0.05) is 54.1 Å². The highest BCUT2D eigenvalue weighted by Gasteiger charge is 2.18. The minimum atomic E-state index is -1.14. The first-order valence-electron chi connectivity index (χ1n) is 8.90. The van der Waals surface area contributed by atoms with Crippen molar-refractivity contribution in [2.45, 2.75) is 32.3 Å². The highest BCUT2D eigenvalue weighted by molar-refractivity contribution is 5.97. The fourth-order valence-corrected chi connectivity index (χ4v) is 3.01. The number of ether oxygens (including phenoxy) is 1. The van der Waals surface area contributed by atoms with Gasteiger partial charge in [0, 0.05) is 7.11 Å². The molecule has 0 bridgehead atoms. The number of phenols is 1. The zero-order valence-corrected chi connectivity index (χ0v) is 15.8. The molecule has 0 radical (unpaired) electrons. The van der Waals surface area contributed by atoms with E-state index in [1.54, 1.807) is 19.2 Å². The van der Waals surface area contributed by atoms with Crippen molar-refractivity contribution in [3.63, 3.8) is 0 Å². The number of aromatic carboxylic acids is 1. The Hall–Kier alpha value is -2.85. The maximum atomic E-state index is 11.7. The van der Waals surface area contributed by atoms with Crippen molar-refractivity contribution in [2.24, 2.45) is 0 Å². The molecule has 0 aliphatic rings. The Bertz CT molecular complexity index is 822. The van der Waals surface area contributed by atoms with Gasteiger partial charge in [0.15, 0.2) is 0 Å². The first-order valence-corrected chi connectivity index (χ1v) is 8.90. The number of hydrogen-bond donors (Lipinski definition) is 2. The van der Waals surface area contributed by atoms with Crippen LogP contribution in [0.2, 0.25) is 0 Å². The third-order valence-corrected chi connectivity index (χ3v) is 4.46. The molecule has 1 unspecified atom stereocenters. The van der Waals surface area contributed by atoms with Gasteiger partial charge < -0.3 is 14.9 Å². The van der Waals surface area contributed by atoms with Crippen LogP contribution in [0.4, 0.5) is 0 Å². The van der Waals surface area contributed by atoms with Gasteiger partial charge in [-0.05, 0) is 49.0 Å². The summed E-state index contributed by atoms with van der Waals surface area (Å²) in [6, 6.07) is 14.7. The Morgan fingerprint density at radius 3 is 2.44 bits per heavy atom. The van der Waals surface area contributed by atoms with Crippen LogP contribution in [0.25, 0.3) is 5.57 Å². The largest absolute Gasteiger partial charge is 0.507 e. The van der Waals surface area contributed by atoms with E-state index < -0.39 is 5.97 Å². The van der Waals surface area contributed by atoms with E-state index in [4.69, 9.17) is 4.74 Å². The smallest absolute Gasteiger partial charge is 0.340 e. The van der Waals surface area contributed by atoms with Crippen molar-refractivity contribution in [1.82, 2.24) is 0 Å². The molecule has 1 atom stereocenters. The van der Waals surface area contributed by atoms with E-state index in [1.165, 1.54) is 6.07 Å². The molecule has 0 amide bonds. The lowest BCUT2D eigenvalue weighted by molar-refractivity contribution is 0.0693. The number of benzene rings is 2. The van der Waals surface area contributed by atoms with Crippen molar-refractivity contribution in [2.75, 3.05) is 7.11 Å². The summed E-state index contributed by atoms with van der Waals surface area (Å²) < 4.78 is 5.62. The Balaban J connectivity index is 2.40. The zero-order valence-electron chi connectivity index (χ0n) is 15.8. The summed E-state index contributed by atoms with van der Waals surface area (Å²) in [6.45, 7) is 5.88. The molecule has 2 rings (SSSR count). The summed E-state index contributed by atoms with van der Waals surface area (Å²) in [5.74, 6) is -1.37. The zero-order chi connectivity index (χ0) is 19.8.